The number of nitrogens with one attached hydrogen (secondary N) is 3. The Balaban J connectivity index is 0.000000287. The van der Waals surface area contributed by atoms with Crippen molar-refractivity contribution in [3.05, 3.63) is 148 Å². The molecule has 0 amide bonds. The quantitative estimate of drug-likeness (QED) is 0.0338. The summed E-state index contributed by atoms with van der Waals surface area (Å²) in [6, 6.07) is 27.3. The van der Waals surface area contributed by atoms with Gasteiger partial charge in [0, 0.05) is 36.6 Å². The molecule has 0 unspecified atom stereocenters. The molecule has 9 N–H and O–H groups in total. The minimum atomic E-state index is -4.66. The molecular formula is C54H65ClF6N10O6. The van der Waals surface area contributed by atoms with Crippen LogP contribution in [0.3, 0.4) is 0 Å². The van der Waals surface area contributed by atoms with Gasteiger partial charge in [-0.05, 0) is 73.2 Å². The van der Waals surface area contributed by atoms with Crippen molar-refractivity contribution < 1.29 is 54.9 Å². The van der Waals surface area contributed by atoms with Gasteiger partial charge in [-0.25, -0.2) is 24.5 Å². The van der Waals surface area contributed by atoms with Gasteiger partial charge < -0.3 is 52.1 Å². The zero-order chi connectivity index (χ0) is 54.1. The maximum atomic E-state index is 13.6. The summed E-state index contributed by atoms with van der Waals surface area (Å²) in [5, 5.41) is 7.74. The molecule has 0 aliphatic heterocycles. The monoisotopic (exact) mass is 1100 g/mol. The Hall–Kier alpha value is -7.27. The largest absolute Gasteiger partial charge is 0.495 e. The number of methoxy groups -OCH3 is 2. The van der Waals surface area contributed by atoms with Gasteiger partial charge in [-0.2, -0.15) is 31.3 Å². The normalized spacial score (nSPS) is 16.9. The molecule has 2 aliphatic rings. The highest BCUT2D eigenvalue weighted by atomic mass is 35.5. The number of rotatable bonds is 14. The van der Waals surface area contributed by atoms with Crippen molar-refractivity contribution in [2.24, 2.45) is 17.2 Å². The zero-order valence-corrected chi connectivity index (χ0v) is 41.6. The van der Waals surface area contributed by atoms with E-state index in [1.54, 1.807) is 6.07 Å². The average molecular weight is 1100 g/mol. The smallest absolute Gasteiger partial charge is 0.421 e. The van der Waals surface area contributed by atoms with Gasteiger partial charge in [0.25, 0.3) is 0 Å². The fourth-order valence-corrected chi connectivity index (χ4v) is 8.01. The van der Waals surface area contributed by atoms with E-state index < -0.39 is 40.6 Å². The Morgan fingerprint density at radius 3 is 1.42 bits per heavy atom. The number of hydrogen-bond donors (Lipinski definition) is 6. The molecule has 4 atom stereocenters. The summed E-state index contributed by atoms with van der Waals surface area (Å²) in [4.78, 5) is 40.0. The molecule has 4 aromatic carbocycles. The number of anilines is 5. The van der Waals surface area contributed by atoms with E-state index in [1.165, 1.54) is 57.4 Å². The molecule has 0 spiro atoms. The summed E-state index contributed by atoms with van der Waals surface area (Å²) >= 11 is 5.60. The molecule has 416 valence electrons. The van der Waals surface area contributed by atoms with E-state index in [9.17, 15) is 35.9 Å². The summed E-state index contributed by atoms with van der Waals surface area (Å²) < 4.78 is 100. The van der Waals surface area contributed by atoms with E-state index in [4.69, 9.17) is 47.7 Å². The molecule has 0 radical (unpaired) electrons. The number of benzene rings is 4. The number of nitrogens with two attached hydrogens (primary N) is 3. The predicted octanol–water partition coefficient (Wildman–Crippen LogP) is 12.0. The first-order valence-electron chi connectivity index (χ1n) is 23.7. The SMILES string of the molecule is C.C.COc1cc(C(=O)OCc2ccccc2)ccc1Nc1ncc(C(F)(F)F)c(Cl)n1.COc1cc(C(=O)OCc2ccccc2)ccc1Nc1ncc(C(F)(F)F)c(N[C@@H]2CCCC[C@H]2N)n1.N[C@@H]1CCCC[C@H]1N. The van der Waals surface area contributed by atoms with Crippen molar-refractivity contribution in [3.8, 4) is 11.5 Å². The van der Waals surface area contributed by atoms with Crippen molar-refractivity contribution in [2.75, 3.05) is 30.2 Å². The predicted molar refractivity (Wildman–Crippen MR) is 284 cm³/mol. The molecule has 77 heavy (non-hydrogen) atoms. The number of esters is 2. The lowest BCUT2D eigenvalue weighted by Crippen LogP contribution is -2.43. The minimum Gasteiger partial charge on any atom is -0.495 e. The summed E-state index contributed by atoms with van der Waals surface area (Å²) in [5.74, 6) is -1.17. The third kappa shape index (κ3) is 18.5. The number of halogens is 7. The van der Waals surface area contributed by atoms with Crippen LogP contribution in [0, 0.1) is 0 Å². The van der Waals surface area contributed by atoms with E-state index >= 15 is 0 Å². The minimum absolute atomic E-state index is 0. The molecule has 2 aromatic heterocycles. The van der Waals surface area contributed by atoms with Gasteiger partial charge in [0.2, 0.25) is 11.9 Å². The van der Waals surface area contributed by atoms with E-state index in [0.717, 1.165) is 49.4 Å². The number of hydrogen-bond acceptors (Lipinski definition) is 16. The first-order chi connectivity index (χ1) is 35.8. The Morgan fingerprint density at radius 2 is 1.01 bits per heavy atom. The first kappa shape index (κ1) is 62.3. The van der Waals surface area contributed by atoms with Crippen LogP contribution in [-0.4, -0.2) is 70.3 Å². The van der Waals surface area contributed by atoms with Crippen LogP contribution < -0.4 is 42.6 Å². The van der Waals surface area contributed by atoms with Gasteiger partial charge in [-0.15, -0.1) is 0 Å². The van der Waals surface area contributed by atoms with Crippen LogP contribution in [0.25, 0.3) is 0 Å². The standard InChI is InChI=1S/C26H28F3N5O3.C20H15ClF3N3O3.C6H14N2.2CH4/c1-36-22-13-17(24(35)37-15-16-7-3-2-4-8-16)11-12-21(22)33-25-31-14-18(26(27,28)29)23(34-25)32-20-10-6-5-9-19(20)30;1-29-16-9-13(18(28)30-11-12-5-3-2-4-6-12)7-8-15(16)26-19-25-10-14(17(21)27-19)20(22,23)24;7-5-3-1-2-4-6(5)8;;/h2-4,7-8,11-14,19-20H,5-6,9-10,15,30H2,1H3,(H2,31,32,33,34);2-10H,11H2,1H3,(H,25,26,27);5-6H,1-4,7-8H2;2*1H4/t19-,20-;;5-,6-;;/m1.1../s1. The Labute approximate surface area is 448 Å². The first-order valence-corrected chi connectivity index (χ1v) is 24.1. The second-order valence-corrected chi connectivity index (χ2v) is 17.7. The third-order valence-electron chi connectivity index (χ3n) is 12.0. The van der Waals surface area contributed by atoms with Crippen LogP contribution in [0.2, 0.25) is 5.15 Å². The molecule has 2 aliphatic carbocycles. The zero-order valence-electron chi connectivity index (χ0n) is 40.9. The average Bonchev–Trinajstić information content (AvgIpc) is 3.39. The molecule has 6 aromatic rings. The lowest BCUT2D eigenvalue weighted by atomic mass is 9.91. The topological polar surface area (TPSA) is 237 Å². The van der Waals surface area contributed by atoms with Crippen LogP contribution in [0.15, 0.2) is 109 Å². The number of carbonyl (C=O) groups is 2. The van der Waals surface area contributed by atoms with E-state index in [2.05, 4.69) is 35.9 Å². The van der Waals surface area contributed by atoms with Crippen LogP contribution in [0.4, 0.5) is 55.4 Å². The van der Waals surface area contributed by atoms with Gasteiger partial charge in [-0.1, -0.05) is 113 Å². The highest BCUT2D eigenvalue weighted by Gasteiger charge is 2.37. The van der Waals surface area contributed by atoms with Crippen molar-refractivity contribution in [2.45, 2.75) is 116 Å². The van der Waals surface area contributed by atoms with Crippen LogP contribution in [-0.2, 0) is 35.0 Å². The van der Waals surface area contributed by atoms with Crippen molar-refractivity contribution >= 4 is 52.6 Å². The number of ether oxygens (including phenoxy) is 4. The van der Waals surface area contributed by atoms with Crippen molar-refractivity contribution in [3.63, 3.8) is 0 Å². The second-order valence-electron chi connectivity index (χ2n) is 17.4. The molecule has 0 saturated heterocycles. The number of nitrogens with zero attached hydrogens (tertiary/aromatic N) is 4. The highest BCUT2D eigenvalue weighted by molar-refractivity contribution is 6.30. The number of carbonyl (C=O) groups excluding carboxylic acids is 2. The molecule has 2 heterocycles. The number of aromatic nitrogens is 4. The molecule has 2 saturated carbocycles. The third-order valence-corrected chi connectivity index (χ3v) is 12.2. The van der Waals surface area contributed by atoms with Gasteiger partial charge in [0.15, 0.2) is 0 Å². The van der Waals surface area contributed by atoms with Crippen LogP contribution >= 0.6 is 11.6 Å². The molecule has 8 rings (SSSR count). The van der Waals surface area contributed by atoms with Crippen molar-refractivity contribution in [1.82, 2.24) is 19.9 Å². The molecule has 2 fully saturated rings. The summed E-state index contributed by atoms with van der Waals surface area (Å²) in [6.07, 6.45) is 0.0127. The van der Waals surface area contributed by atoms with E-state index in [0.29, 0.717) is 24.0 Å². The van der Waals surface area contributed by atoms with Gasteiger partial charge in [0.05, 0.1) is 36.7 Å². The van der Waals surface area contributed by atoms with Gasteiger partial charge >= 0.3 is 24.3 Å². The molecule has 0 bridgehead atoms. The summed E-state index contributed by atoms with van der Waals surface area (Å²) in [7, 11) is 2.78. The van der Waals surface area contributed by atoms with E-state index in [-0.39, 0.29) is 92.6 Å². The molecule has 23 heteroatoms. The van der Waals surface area contributed by atoms with Gasteiger partial charge in [0.1, 0.15) is 46.8 Å². The van der Waals surface area contributed by atoms with Crippen LogP contribution in [0.1, 0.15) is 109 Å². The Kier molecular flexibility index (Phi) is 23.7. The lowest BCUT2D eigenvalue weighted by Gasteiger charge is -2.30. The Morgan fingerprint density at radius 1 is 0.597 bits per heavy atom. The summed E-state index contributed by atoms with van der Waals surface area (Å²) in [5.41, 5.74) is 18.2. The second kappa shape index (κ2) is 29.3. The maximum Gasteiger partial charge on any atom is 0.421 e. The lowest BCUT2D eigenvalue weighted by molar-refractivity contribution is -0.138. The summed E-state index contributed by atoms with van der Waals surface area (Å²) in [6.45, 7) is 0.224. The highest BCUT2D eigenvalue weighted by Crippen LogP contribution is 2.37. The van der Waals surface area contributed by atoms with Gasteiger partial charge in [-0.3, -0.25) is 0 Å². The molecular weight excluding hydrogens is 1030 g/mol. The Bertz CT molecular complexity index is 2810. The van der Waals surface area contributed by atoms with E-state index in [1.807, 2.05) is 60.7 Å². The van der Waals surface area contributed by atoms with Crippen LogP contribution in [0.5, 0.6) is 11.5 Å². The number of alkyl halides is 6. The molecule has 16 nitrogen and oxygen atoms in total. The maximum absolute atomic E-state index is 13.6. The fraction of sp³-hybridized carbons (Fsp3) is 0.370. The fourth-order valence-electron chi connectivity index (χ4n) is 7.77. The van der Waals surface area contributed by atoms with Crippen molar-refractivity contribution in [1.29, 1.82) is 0 Å².